The molecule has 1 amide bonds. The third-order valence-electron chi connectivity index (χ3n) is 4.74. The van der Waals surface area contributed by atoms with Gasteiger partial charge in [0.15, 0.2) is 0 Å². The molecule has 0 saturated carbocycles. The highest BCUT2D eigenvalue weighted by Gasteiger charge is 2.25. The Bertz CT molecular complexity index is 1010. The van der Waals surface area contributed by atoms with Crippen LogP contribution < -0.4 is 5.73 Å². The van der Waals surface area contributed by atoms with E-state index in [-0.39, 0.29) is 11.9 Å². The Labute approximate surface area is 170 Å². The number of aromatic nitrogens is 3. The molecule has 0 fully saturated rings. The number of fused-ring (bicyclic) bond motifs is 3. The Morgan fingerprint density at radius 3 is 2.85 bits per heavy atom. The van der Waals surface area contributed by atoms with Gasteiger partial charge in [0.2, 0.25) is 0 Å². The van der Waals surface area contributed by atoms with Gasteiger partial charge in [0.1, 0.15) is 11.5 Å². The molecule has 27 heavy (non-hydrogen) atoms. The molecule has 3 aromatic rings. The molecule has 0 saturated heterocycles. The van der Waals surface area contributed by atoms with Gasteiger partial charge in [-0.25, -0.2) is 4.98 Å². The summed E-state index contributed by atoms with van der Waals surface area (Å²) in [6.07, 6.45) is 1.80. The third kappa shape index (κ3) is 3.39. The summed E-state index contributed by atoms with van der Waals surface area (Å²) in [6, 6.07) is 5.73. The van der Waals surface area contributed by atoms with Crippen LogP contribution in [0.15, 0.2) is 24.4 Å². The molecule has 0 spiro atoms. The predicted molar refractivity (Wildman–Crippen MR) is 111 cm³/mol. The fraction of sp³-hybridized carbons (Fsp3) is 0.316. The standard InChI is InChI=1S/C19H20IN5O2/c1-10(2)25(7-12-4-3-11(20)6-22-12)19(26)16-5-15-17(23-16)13-8-27-9-14(13)18(21)24-15/h3-6,10,23H,7-9H2,1-2H3,(H2,21,24). The zero-order valence-corrected chi connectivity index (χ0v) is 17.3. The van der Waals surface area contributed by atoms with E-state index in [2.05, 4.69) is 37.5 Å². The highest BCUT2D eigenvalue weighted by molar-refractivity contribution is 14.1. The number of ether oxygens (including phenoxy) is 1. The molecule has 0 unspecified atom stereocenters. The zero-order chi connectivity index (χ0) is 19.1. The summed E-state index contributed by atoms with van der Waals surface area (Å²) in [7, 11) is 0. The van der Waals surface area contributed by atoms with Crippen molar-refractivity contribution in [3.8, 4) is 0 Å². The average Bonchev–Trinajstić information content (AvgIpc) is 3.27. The van der Waals surface area contributed by atoms with Crippen molar-refractivity contribution in [1.29, 1.82) is 0 Å². The van der Waals surface area contributed by atoms with Crippen LogP contribution in [0.5, 0.6) is 0 Å². The number of aromatic amines is 1. The van der Waals surface area contributed by atoms with E-state index in [1.165, 1.54) is 0 Å². The average molecular weight is 477 g/mol. The van der Waals surface area contributed by atoms with Crippen molar-refractivity contribution < 1.29 is 9.53 Å². The van der Waals surface area contributed by atoms with Crippen LogP contribution in [0, 0.1) is 3.57 Å². The number of carbonyl (C=O) groups excluding carboxylic acids is 1. The van der Waals surface area contributed by atoms with Gasteiger partial charge >= 0.3 is 0 Å². The maximum Gasteiger partial charge on any atom is 0.270 e. The van der Waals surface area contributed by atoms with E-state index in [4.69, 9.17) is 10.5 Å². The number of nitrogens with two attached hydrogens (primary N) is 1. The van der Waals surface area contributed by atoms with Gasteiger partial charge in [-0.15, -0.1) is 0 Å². The van der Waals surface area contributed by atoms with E-state index in [9.17, 15) is 4.79 Å². The van der Waals surface area contributed by atoms with Gasteiger partial charge in [-0.1, -0.05) is 0 Å². The maximum absolute atomic E-state index is 13.2. The summed E-state index contributed by atoms with van der Waals surface area (Å²) in [5.41, 5.74) is 10.8. The summed E-state index contributed by atoms with van der Waals surface area (Å²) in [6.45, 7) is 5.37. The minimum Gasteiger partial charge on any atom is -0.383 e. The summed E-state index contributed by atoms with van der Waals surface area (Å²) in [5.74, 6) is 0.381. The number of hydrogen-bond acceptors (Lipinski definition) is 5. The number of H-pyrrole nitrogens is 1. The second-order valence-corrected chi connectivity index (χ2v) is 8.13. The fourth-order valence-corrected chi connectivity index (χ4v) is 3.59. The van der Waals surface area contributed by atoms with Crippen LogP contribution in [-0.4, -0.2) is 31.8 Å². The van der Waals surface area contributed by atoms with Crippen molar-refractivity contribution in [3.63, 3.8) is 0 Å². The lowest BCUT2D eigenvalue weighted by Crippen LogP contribution is -2.36. The van der Waals surface area contributed by atoms with E-state index >= 15 is 0 Å². The quantitative estimate of drug-likeness (QED) is 0.563. The molecule has 0 radical (unpaired) electrons. The Kier molecular flexibility index (Phi) is 4.77. The molecule has 4 heterocycles. The van der Waals surface area contributed by atoms with Crippen molar-refractivity contribution in [2.24, 2.45) is 0 Å². The largest absolute Gasteiger partial charge is 0.383 e. The van der Waals surface area contributed by atoms with Crippen LogP contribution in [-0.2, 0) is 24.5 Å². The number of nitrogens with one attached hydrogen (secondary N) is 1. The molecule has 140 valence electrons. The van der Waals surface area contributed by atoms with Crippen LogP contribution in [0.2, 0.25) is 0 Å². The van der Waals surface area contributed by atoms with Gasteiger partial charge in [0.25, 0.3) is 5.91 Å². The number of anilines is 1. The first kappa shape index (κ1) is 18.2. The minimum absolute atomic E-state index is 0.0251. The minimum atomic E-state index is -0.0883. The smallest absolute Gasteiger partial charge is 0.270 e. The predicted octanol–water partition coefficient (Wildman–Crippen LogP) is 3.23. The van der Waals surface area contributed by atoms with Gasteiger partial charge in [-0.3, -0.25) is 9.78 Å². The van der Waals surface area contributed by atoms with Crippen LogP contribution >= 0.6 is 22.6 Å². The van der Waals surface area contributed by atoms with Crippen molar-refractivity contribution in [2.75, 3.05) is 5.73 Å². The number of nitrogens with zero attached hydrogens (tertiary/aromatic N) is 3. The summed E-state index contributed by atoms with van der Waals surface area (Å²) < 4.78 is 6.57. The highest BCUT2D eigenvalue weighted by Crippen LogP contribution is 2.31. The Balaban J connectivity index is 1.68. The summed E-state index contributed by atoms with van der Waals surface area (Å²) in [4.78, 5) is 27.1. The number of pyridine rings is 2. The van der Waals surface area contributed by atoms with Crippen LogP contribution in [0.4, 0.5) is 5.82 Å². The van der Waals surface area contributed by atoms with E-state index in [0.29, 0.717) is 36.8 Å². The monoisotopic (exact) mass is 477 g/mol. The topological polar surface area (TPSA) is 97.1 Å². The number of amides is 1. The molecule has 8 heteroatoms. The second-order valence-electron chi connectivity index (χ2n) is 6.88. The molecular formula is C19H20IN5O2. The first-order valence-corrected chi connectivity index (χ1v) is 9.81. The molecule has 3 N–H and O–H groups in total. The third-order valence-corrected chi connectivity index (χ3v) is 5.38. The zero-order valence-electron chi connectivity index (χ0n) is 15.1. The molecule has 0 aliphatic carbocycles. The van der Waals surface area contributed by atoms with Crippen molar-refractivity contribution in [3.05, 3.63) is 50.5 Å². The molecule has 4 rings (SSSR count). The normalized spacial score (nSPS) is 13.3. The van der Waals surface area contributed by atoms with Crippen LogP contribution in [0.1, 0.15) is 41.2 Å². The van der Waals surface area contributed by atoms with Gasteiger partial charge in [0.05, 0.1) is 36.5 Å². The number of halogens is 1. The van der Waals surface area contributed by atoms with E-state index in [1.807, 2.05) is 26.0 Å². The number of hydrogen-bond donors (Lipinski definition) is 2. The lowest BCUT2D eigenvalue weighted by atomic mass is 10.1. The first-order valence-electron chi connectivity index (χ1n) is 8.73. The fourth-order valence-electron chi connectivity index (χ4n) is 3.27. The number of carbonyl (C=O) groups is 1. The second kappa shape index (κ2) is 7.08. The van der Waals surface area contributed by atoms with Gasteiger partial charge in [-0.2, -0.15) is 0 Å². The number of rotatable bonds is 4. The lowest BCUT2D eigenvalue weighted by Gasteiger charge is -2.26. The maximum atomic E-state index is 13.2. The van der Waals surface area contributed by atoms with Crippen LogP contribution in [0.3, 0.4) is 0 Å². The van der Waals surface area contributed by atoms with Crippen molar-refractivity contribution >= 4 is 45.3 Å². The molecule has 1 aliphatic heterocycles. The molecule has 0 aromatic carbocycles. The first-order chi connectivity index (χ1) is 12.9. The molecule has 3 aromatic heterocycles. The Morgan fingerprint density at radius 2 is 2.15 bits per heavy atom. The van der Waals surface area contributed by atoms with Crippen LogP contribution in [0.25, 0.3) is 11.0 Å². The molecule has 0 bridgehead atoms. The van der Waals surface area contributed by atoms with Gasteiger partial charge in [0, 0.05) is 26.9 Å². The Morgan fingerprint density at radius 1 is 1.37 bits per heavy atom. The SMILES string of the molecule is CC(C)N(Cc1ccc(I)cn1)C(=O)c1cc2nc(N)c3c(c2[nH]1)COC3. The van der Waals surface area contributed by atoms with Gasteiger partial charge in [-0.05, 0) is 54.6 Å². The lowest BCUT2D eigenvalue weighted by molar-refractivity contribution is 0.0682. The Hall–Kier alpha value is -2.20. The highest BCUT2D eigenvalue weighted by atomic mass is 127. The molecule has 1 aliphatic rings. The summed E-state index contributed by atoms with van der Waals surface area (Å²) in [5, 5.41) is 0. The molecule has 7 nitrogen and oxygen atoms in total. The molecule has 0 atom stereocenters. The summed E-state index contributed by atoms with van der Waals surface area (Å²) >= 11 is 2.22. The molecular weight excluding hydrogens is 457 g/mol. The van der Waals surface area contributed by atoms with E-state index in [0.717, 1.165) is 25.9 Å². The van der Waals surface area contributed by atoms with E-state index < -0.39 is 0 Å². The van der Waals surface area contributed by atoms with E-state index in [1.54, 1.807) is 17.2 Å². The number of nitrogen functional groups attached to an aromatic ring is 1. The van der Waals surface area contributed by atoms with Crippen molar-refractivity contribution in [2.45, 2.75) is 39.6 Å². The van der Waals surface area contributed by atoms with Crippen molar-refractivity contribution in [1.82, 2.24) is 19.9 Å². The van der Waals surface area contributed by atoms with Gasteiger partial charge < -0.3 is 20.4 Å².